The van der Waals surface area contributed by atoms with Gasteiger partial charge in [0.05, 0.1) is 0 Å². The van der Waals surface area contributed by atoms with Crippen molar-refractivity contribution in [3.8, 4) is 11.8 Å². The van der Waals surface area contributed by atoms with Gasteiger partial charge in [-0.2, -0.15) is 0 Å². The lowest BCUT2D eigenvalue weighted by Gasteiger charge is -2.15. The average molecular weight is 150 g/mol. The van der Waals surface area contributed by atoms with Crippen LogP contribution in [-0.2, 0) is 0 Å². The van der Waals surface area contributed by atoms with E-state index in [-0.39, 0.29) is 5.41 Å². The molecule has 0 aromatic heterocycles. The average Bonchev–Trinajstić information content (AvgIpc) is 2.64. The van der Waals surface area contributed by atoms with Crippen molar-refractivity contribution in [3.05, 3.63) is 0 Å². The van der Waals surface area contributed by atoms with E-state index in [1.165, 1.54) is 12.8 Å². The van der Waals surface area contributed by atoms with Gasteiger partial charge in [0, 0.05) is 11.3 Å². The monoisotopic (exact) mass is 150 g/mol. The molecule has 0 aromatic carbocycles. The Morgan fingerprint density at radius 1 is 1.27 bits per heavy atom. The van der Waals surface area contributed by atoms with Crippen LogP contribution in [0.5, 0.6) is 0 Å². The van der Waals surface area contributed by atoms with Crippen LogP contribution in [0.2, 0.25) is 0 Å². The van der Waals surface area contributed by atoms with Gasteiger partial charge in [-0.25, -0.2) is 0 Å². The largest absolute Gasteiger partial charge is 0.0999 e. The zero-order valence-electron chi connectivity index (χ0n) is 8.07. The first-order valence-electron chi connectivity index (χ1n) is 4.55. The van der Waals surface area contributed by atoms with E-state index in [2.05, 4.69) is 39.5 Å². The fourth-order valence-corrected chi connectivity index (χ4v) is 1.24. The Morgan fingerprint density at radius 3 is 2.18 bits per heavy atom. The second kappa shape index (κ2) is 2.89. The van der Waals surface area contributed by atoms with Crippen LogP contribution in [0.4, 0.5) is 0 Å². The van der Waals surface area contributed by atoms with Crippen LogP contribution in [0.1, 0.15) is 40.5 Å². The molecular weight excluding hydrogens is 132 g/mol. The van der Waals surface area contributed by atoms with Gasteiger partial charge in [0.1, 0.15) is 0 Å². The third-order valence-electron chi connectivity index (χ3n) is 2.28. The molecule has 0 aliphatic heterocycles. The maximum Gasteiger partial charge on any atom is 0.0286 e. The van der Waals surface area contributed by atoms with Crippen molar-refractivity contribution in [1.29, 1.82) is 0 Å². The van der Waals surface area contributed by atoms with Crippen molar-refractivity contribution < 1.29 is 0 Å². The zero-order valence-corrected chi connectivity index (χ0v) is 8.07. The Bertz CT molecular complexity index is 184. The van der Waals surface area contributed by atoms with Crippen LogP contribution in [0.15, 0.2) is 0 Å². The molecule has 1 aliphatic carbocycles. The molecule has 0 bridgehead atoms. The second-order valence-electron chi connectivity index (χ2n) is 4.42. The molecule has 0 unspecified atom stereocenters. The minimum absolute atomic E-state index is 0.282. The third-order valence-corrected chi connectivity index (χ3v) is 2.28. The molecule has 62 valence electrons. The number of rotatable bonds is 1. The van der Waals surface area contributed by atoms with Crippen LogP contribution in [0.25, 0.3) is 0 Å². The lowest BCUT2D eigenvalue weighted by Crippen LogP contribution is -2.10. The Morgan fingerprint density at radius 2 is 1.82 bits per heavy atom. The summed E-state index contributed by atoms with van der Waals surface area (Å²) in [5.74, 6) is 8.03. The molecule has 0 nitrogen and oxygen atoms in total. The predicted molar refractivity (Wildman–Crippen MR) is 49.1 cm³/mol. The lowest BCUT2D eigenvalue weighted by atomic mass is 9.88. The molecule has 1 aliphatic rings. The summed E-state index contributed by atoms with van der Waals surface area (Å²) in [5, 5.41) is 0. The third kappa shape index (κ3) is 2.58. The molecule has 0 heteroatoms. The summed E-state index contributed by atoms with van der Waals surface area (Å²) >= 11 is 0. The van der Waals surface area contributed by atoms with Gasteiger partial charge in [0.15, 0.2) is 0 Å². The lowest BCUT2D eigenvalue weighted by molar-refractivity contribution is 0.430. The molecule has 0 amide bonds. The molecule has 0 aromatic rings. The topological polar surface area (TPSA) is 0 Å². The normalized spacial score (nSPS) is 17.9. The number of hydrogen-bond donors (Lipinski definition) is 0. The predicted octanol–water partition coefficient (Wildman–Crippen LogP) is 3.08. The minimum atomic E-state index is 0.282. The minimum Gasteiger partial charge on any atom is -0.0999 e. The Labute approximate surface area is 70.4 Å². The molecule has 11 heavy (non-hydrogen) atoms. The molecule has 0 spiro atoms. The van der Waals surface area contributed by atoms with E-state index in [0.717, 1.165) is 5.92 Å². The fourth-order valence-electron chi connectivity index (χ4n) is 1.24. The molecule has 1 fully saturated rings. The van der Waals surface area contributed by atoms with Gasteiger partial charge in [0.2, 0.25) is 0 Å². The van der Waals surface area contributed by atoms with Crippen molar-refractivity contribution in [1.82, 2.24) is 0 Å². The highest BCUT2D eigenvalue weighted by Crippen LogP contribution is 2.44. The fraction of sp³-hybridized carbons (Fsp3) is 0.818. The van der Waals surface area contributed by atoms with Gasteiger partial charge in [-0.3, -0.25) is 0 Å². The van der Waals surface area contributed by atoms with Crippen molar-refractivity contribution in [3.63, 3.8) is 0 Å². The van der Waals surface area contributed by atoms with E-state index < -0.39 is 0 Å². The van der Waals surface area contributed by atoms with E-state index in [9.17, 15) is 0 Å². The summed E-state index contributed by atoms with van der Waals surface area (Å²) < 4.78 is 0. The quantitative estimate of drug-likeness (QED) is 0.504. The summed E-state index contributed by atoms with van der Waals surface area (Å²) in [4.78, 5) is 0. The van der Waals surface area contributed by atoms with E-state index in [4.69, 9.17) is 0 Å². The SMILES string of the molecule is CC(C)C#CC(C)(C)C1CC1. The van der Waals surface area contributed by atoms with Crippen LogP contribution < -0.4 is 0 Å². The first-order valence-corrected chi connectivity index (χ1v) is 4.55. The summed E-state index contributed by atoms with van der Waals surface area (Å²) in [6, 6.07) is 0. The van der Waals surface area contributed by atoms with E-state index >= 15 is 0 Å². The molecule has 0 heterocycles. The smallest absolute Gasteiger partial charge is 0.0286 e. The molecule has 0 atom stereocenters. The van der Waals surface area contributed by atoms with Crippen LogP contribution >= 0.6 is 0 Å². The van der Waals surface area contributed by atoms with Crippen LogP contribution in [0.3, 0.4) is 0 Å². The van der Waals surface area contributed by atoms with E-state index in [1.807, 2.05) is 0 Å². The van der Waals surface area contributed by atoms with Crippen molar-refractivity contribution in [2.24, 2.45) is 17.3 Å². The summed E-state index contributed by atoms with van der Waals surface area (Å²) in [6.45, 7) is 8.83. The Balaban J connectivity index is 2.52. The summed E-state index contributed by atoms with van der Waals surface area (Å²) in [5.41, 5.74) is 0.282. The van der Waals surface area contributed by atoms with Gasteiger partial charge in [0.25, 0.3) is 0 Å². The van der Waals surface area contributed by atoms with Crippen molar-refractivity contribution in [2.75, 3.05) is 0 Å². The Kier molecular flexibility index (Phi) is 2.28. The first-order chi connectivity index (χ1) is 5.02. The van der Waals surface area contributed by atoms with Crippen LogP contribution in [0, 0.1) is 29.1 Å². The molecular formula is C11H18. The highest BCUT2D eigenvalue weighted by atomic mass is 14.4. The highest BCUT2D eigenvalue weighted by molar-refractivity contribution is 5.14. The zero-order chi connectivity index (χ0) is 8.48. The van der Waals surface area contributed by atoms with Crippen molar-refractivity contribution in [2.45, 2.75) is 40.5 Å². The molecule has 0 saturated heterocycles. The molecule has 1 saturated carbocycles. The Hall–Kier alpha value is -0.440. The first kappa shape index (κ1) is 8.65. The van der Waals surface area contributed by atoms with Gasteiger partial charge in [-0.15, -0.1) is 0 Å². The summed E-state index contributed by atoms with van der Waals surface area (Å²) in [7, 11) is 0. The van der Waals surface area contributed by atoms with E-state index in [0.29, 0.717) is 5.92 Å². The summed E-state index contributed by atoms with van der Waals surface area (Å²) in [6.07, 6.45) is 2.78. The number of hydrogen-bond acceptors (Lipinski definition) is 0. The van der Waals surface area contributed by atoms with Gasteiger partial charge in [-0.1, -0.05) is 25.7 Å². The van der Waals surface area contributed by atoms with Gasteiger partial charge >= 0.3 is 0 Å². The highest BCUT2D eigenvalue weighted by Gasteiger charge is 2.36. The van der Waals surface area contributed by atoms with Crippen LogP contribution in [-0.4, -0.2) is 0 Å². The van der Waals surface area contributed by atoms with E-state index in [1.54, 1.807) is 0 Å². The maximum absolute atomic E-state index is 3.37. The van der Waals surface area contributed by atoms with Gasteiger partial charge in [-0.05, 0) is 32.6 Å². The van der Waals surface area contributed by atoms with Crippen molar-refractivity contribution >= 4 is 0 Å². The standard InChI is InChI=1S/C11H18/c1-9(2)7-8-11(3,4)10-5-6-10/h9-10H,5-6H2,1-4H3. The second-order valence-corrected chi connectivity index (χ2v) is 4.42. The molecule has 1 rings (SSSR count). The maximum atomic E-state index is 3.37. The molecule has 0 N–H and O–H groups in total. The van der Waals surface area contributed by atoms with Gasteiger partial charge < -0.3 is 0 Å². The molecule has 0 radical (unpaired) electrons.